The molecule has 0 aliphatic rings. The number of nitrogens with zero attached hydrogens (tertiary/aromatic N) is 6. The molecule has 0 saturated carbocycles. The molecule has 0 N–H and O–H groups in total. The van der Waals surface area contributed by atoms with Crippen LogP contribution in [0.25, 0.3) is 105 Å². The molecule has 0 atom stereocenters. The number of para-hydroxylation sites is 6. The fraction of sp³-hybridized carbons (Fsp3) is 0. The van der Waals surface area contributed by atoms with Gasteiger partial charge in [0, 0.05) is 61.6 Å². The van der Waals surface area contributed by atoms with E-state index in [9.17, 15) is 0 Å². The number of fused-ring (bicyclic) bond motifs is 11. The summed E-state index contributed by atoms with van der Waals surface area (Å²) in [6, 6.07) is 55.9. The molecule has 0 radical (unpaired) electrons. The molecule has 0 aliphatic carbocycles. The molecule has 0 amide bonds. The normalized spacial score (nSPS) is 12.2. The van der Waals surface area contributed by atoms with Crippen LogP contribution in [0.3, 0.4) is 0 Å². The van der Waals surface area contributed by atoms with Gasteiger partial charge in [-0.2, -0.15) is 0 Å². The third kappa shape index (κ3) is 3.89. The van der Waals surface area contributed by atoms with E-state index in [-0.39, 0.29) is 0 Å². The Balaban J connectivity index is 1.02. The van der Waals surface area contributed by atoms with Gasteiger partial charge >= 0.3 is 0 Å². The molecule has 0 bridgehead atoms. The molecule has 0 unspecified atom stereocenters. The molecule has 0 spiro atoms. The van der Waals surface area contributed by atoms with Crippen LogP contribution in [0.4, 0.5) is 0 Å². The predicted molar refractivity (Wildman–Crippen MR) is 217 cm³/mol. The van der Waals surface area contributed by atoms with Crippen molar-refractivity contribution in [2.75, 3.05) is 0 Å². The zero-order chi connectivity index (χ0) is 34.6. The summed E-state index contributed by atoms with van der Waals surface area (Å²) in [5, 5.41) is 7.66. The van der Waals surface area contributed by atoms with Gasteiger partial charge in [0.25, 0.3) is 0 Å². The number of aromatic nitrogens is 6. The summed E-state index contributed by atoms with van der Waals surface area (Å²) in [6.07, 6.45) is 3.78. The van der Waals surface area contributed by atoms with Gasteiger partial charge in [-0.05, 0) is 60.7 Å². The second kappa shape index (κ2) is 10.6. The van der Waals surface area contributed by atoms with Crippen molar-refractivity contribution in [2.45, 2.75) is 0 Å². The van der Waals surface area contributed by atoms with Crippen molar-refractivity contribution in [3.05, 3.63) is 170 Å². The van der Waals surface area contributed by atoms with E-state index in [1.165, 1.54) is 54.4 Å². The van der Waals surface area contributed by atoms with E-state index >= 15 is 0 Å². The van der Waals surface area contributed by atoms with Crippen molar-refractivity contribution < 1.29 is 0 Å². The topological polar surface area (TPSA) is 52.9 Å². The Morgan fingerprint density at radius 3 is 1.91 bits per heavy atom. The van der Waals surface area contributed by atoms with E-state index in [0.717, 1.165) is 44.9 Å². The summed E-state index contributed by atoms with van der Waals surface area (Å²) in [7, 11) is 0. The minimum atomic E-state index is 0.664. The van der Waals surface area contributed by atoms with Crippen LogP contribution < -0.4 is 0 Å². The lowest BCUT2D eigenvalue weighted by atomic mass is 10.0. The van der Waals surface area contributed by atoms with Crippen molar-refractivity contribution in [3.8, 4) is 34.2 Å². The summed E-state index contributed by atoms with van der Waals surface area (Å²) in [5.41, 5.74) is 12.0. The highest BCUT2D eigenvalue weighted by atomic mass is 15.1. The van der Waals surface area contributed by atoms with Gasteiger partial charge in [-0.3, -0.25) is 4.57 Å². The van der Waals surface area contributed by atoms with Crippen molar-refractivity contribution >= 4 is 70.9 Å². The average Bonchev–Trinajstić information content (AvgIpc) is 3.97. The highest BCUT2D eigenvalue weighted by Gasteiger charge is 2.22. The molecule has 12 rings (SSSR count). The monoisotopic (exact) mass is 676 g/mol. The van der Waals surface area contributed by atoms with Crippen LogP contribution in [0.2, 0.25) is 0 Å². The first-order valence-electron chi connectivity index (χ1n) is 17.9. The first-order chi connectivity index (χ1) is 26.3. The molecule has 5 aromatic heterocycles. The molecular weight excluding hydrogens is 649 g/mol. The van der Waals surface area contributed by atoms with E-state index in [1.54, 1.807) is 0 Å². The number of hydrogen-bond donors (Lipinski definition) is 0. The van der Waals surface area contributed by atoms with Crippen LogP contribution in [-0.2, 0) is 0 Å². The van der Waals surface area contributed by atoms with Crippen molar-refractivity contribution in [2.24, 2.45) is 0 Å². The summed E-state index contributed by atoms with van der Waals surface area (Å²) in [5.74, 6) is 1.48. The SMILES string of the molecule is c1ccc(-n2c(-c3cnc(-c4cccc(-n5c6ccccc6c6c7c8cccc9c%10ccccc%10n(c7ccc65)c98)c4)nc3)nc3ccccc32)cc1. The zero-order valence-corrected chi connectivity index (χ0v) is 28.3. The van der Waals surface area contributed by atoms with Crippen LogP contribution in [0, 0.1) is 0 Å². The van der Waals surface area contributed by atoms with Crippen LogP contribution >= 0.6 is 0 Å². The molecule has 246 valence electrons. The molecule has 6 nitrogen and oxygen atoms in total. The van der Waals surface area contributed by atoms with Gasteiger partial charge in [0.2, 0.25) is 0 Å². The zero-order valence-electron chi connectivity index (χ0n) is 28.3. The van der Waals surface area contributed by atoms with Crippen molar-refractivity contribution in [3.63, 3.8) is 0 Å². The van der Waals surface area contributed by atoms with E-state index in [0.29, 0.717) is 5.82 Å². The molecule has 53 heavy (non-hydrogen) atoms. The fourth-order valence-electron chi connectivity index (χ4n) is 8.69. The first kappa shape index (κ1) is 28.4. The average molecular weight is 677 g/mol. The standard InChI is InChI=1S/C47H28N6/c1-2-13-31(14-3-1)52-40-23-9-6-20-37(40)50-47(52)30-27-48-46(49-28-30)29-12-10-15-32(26-29)51-39-22-8-5-17-35(39)43-41(51)24-25-42-44(43)36-19-11-18-34-33-16-4-7-21-38(33)53(42)45(34)36/h1-28H. The lowest BCUT2D eigenvalue weighted by molar-refractivity contribution is 1.08. The summed E-state index contributed by atoms with van der Waals surface area (Å²) in [4.78, 5) is 14.8. The number of rotatable bonds is 4. The summed E-state index contributed by atoms with van der Waals surface area (Å²) < 4.78 is 7.02. The number of benzene rings is 7. The third-order valence-electron chi connectivity index (χ3n) is 10.9. The maximum absolute atomic E-state index is 5.01. The molecule has 0 aliphatic heterocycles. The largest absolute Gasteiger partial charge is 0.309 e. The van der Waals surface area contributed by atoms with Gasteiger partial charge < -0.3 is 8.97 Å². The Bertz CT molecular complexity index is 3390. The lowest BCUT2D eigenvalue weighted by Crippen LogP contribution is -1.99. The van der Waals surface area contributed by atoms with Gasteiger partial charge in [0.05, 0.1) is 44.2 Å². The number of imidazole rings is 1. The second-order valence-electron chi connectivity index (χ2n) is 13.7. The summed E-state index contributed by atoms with van der Waals surface area (Å²) in [6.45, 7) is 0. The molecule has 5 heterocycles. The van der Waals surface area contributed by atoms with Crippen molar-refractivity contribution in [1.82, 2.24) is 28.5 Å². The van der Waals surface area contributed by atoms with Gasteiger partial charge in [-0.25, -0.2) is 15.0 Å². The molecule has 12 aromatic rings. The van der Waals surface area contributed by atoms with Gasteiger partial charge in [-0.15, -0.1) is 0 Å². The Hall–Kier alpha value is -7.31. The Kier molecular flexibility index (Phi) is 5.68. The predicted octanol–water partition coefficient (Wildman–Crippen LogP) is 11.4. The van der Waals surface area contributed by atoms with E-state index < -0.39 is 0 Å². The number of hydrogen-bond acceptors (Lipinski definition) is 3. The van der Waals surface area contributed by atoms with Crippen LogP contribution in [0.15, 0.2) is 170 Å². The Morgan fingerprint density at radius 1 is 0.396 bits per heavy atom. The molecule has 7 aromatic carbocycles. The highest BCUT2D eigenvalue weighted by Crippen LogP contribution is 2.45. The first-order valence-corrected chi connectivity index (χ1v) is 17.9. The smallest absolute Gasteiger partial charge is 0.159 e. The van der Waals surface area contributed by atoms with Crippen LogP contribution in [0.5, 0.6) is 0 Å². The van der Waals surface area contributed by atoms with Crippen molar-refractivity contribution in [1.29, 1.82) is 0 Å². The van der Waals surface area contributed by atoms with E-state index in [2.05, 4.69) is 135 Å². The third-order valence-corrected chi connectivity index (χ3v) is 10.9. The Labute approximate surface area is 302 Å². The quantitative estimate of drug-likeness (QED) is 0.186. The maximum Gasteiger partial charge on any atom is 0.159 e. The minimum absolute atomic E-state index is 0.664. The lowest BCUT2D eigenvalue weighted by Gasteiger charge is -2.11. The van der Waals surface area contributed by atoms with Gasteiger partial charge in [0.1, 0.15) is 5.82 Å². The fourth-order valence-corrected chi connectivity index (χ4v) is 8.69. The molecule has 6 heteroatoms. The van der Waals surface area contributed by atoms with Crippen LogP contribution in [-0.4, -0.2) is 28.5 Å². The van der Waals surface area contributed by atoms with Gasteiger partial charge in [-0.1, -0.05) is 97.1 Å². The molecule has 0 fully saturated rings. The molecule has 0 saturated heterocycles. The Morgan fingerprint density at radius 2 is 1.04 bits per heavy atom. The van der Waals surface area contributed by atoms with Gasteiger partial charge in [0.15, 0.2) is 5.82 Å². The highest BCUT2D eigenvalue weighted by molar-refractivity contribution is 6.32. The van der Waals surface area contributed by atoms with E-state index in [1.807, 2.05) is 48.8 Å². The maximum atomic E-state index is 5.01. The second-order valence-corrected chi connectivity index (χ2v) is 13.7. The van der Waals surface area contributed by atoms with E-state index in [4.69, 9.17) is 15.0 Å². The molecular formula is C47H28N6. The summed E-state index contributed by atoms with van der Waals surface area (Å²) >= 11 is 0. The van der Waals surface area contributed by atoms with Crippen LogP contribution in [0.1, 0.15) is 0 Å². The minimum Gasteiger partial charge on any atom is -0.309 e.